The molecule has 4 aromatic rings. The van der Waals surface area contributed by atoms with Crippen LogP contribution in [0.15, 0.2) is 60.9 Å². The zero-order valence-electron chi connectivity index (χ0n) is 21.9. The zero-order chi connectivity index (χ0) is 28.8. The molecule has 2 aromatic carbocycles. The molecule has 0 bridgehead atoms. The van der Waals surface area contributed by atoms with Crippen molar-refractivity contribution in [2.45, 2.75) is 13.8 Å². The summed E-state index contributed by atoms with van der Waals surface area (Å²) in [7, 11) is 1.27. The van der Waals surface area contributed by atoms with E-state index < -0.39 is 11.9 Å². The van der Waals surface area contributed by atoms with E-state index >= 15 is 0 Å². The molecule has 1 N–H and O–H groups in total. The molecule has 1 amide bonds. The van der Waals surface area contributed by atoms with Gasteiger partial charge in [0.2, 0.25) is 0 Å². The number of halogens is 1. The fraction of sp³-hybridized carbons (Fsp3) is 0.0968. The first-order chi connectivity index (χ1) is 19.3. The van der Waals surface area contributed by atoms with Gasteiger partial charge in [-0.15, -0.1) is 0 Å². The number of benzene rings is 2. The van der Waals surface area contributed by atoms with Crippen LogP contribution in [0.3, 0.4) is 0 Å². The van der Waals surface area contributed by atoms with Gasteiger partial charge in [0.05, 0.1) is 23.9 Å². The van der Waals surface area contributed by atoms with Crippen molar-refractivity contribution in [3.63, 3.8) is 0 Å². The summed E-state index contributed by atoms with van der Waals surface area (Å²) >= 11 is 6.34. The van der Waals surface area contributed by atoms with Crippen molar-refractivity contribution in [3.8, 4) is 17.2 Å². The Bertz CT molecular complexity index is 1710. The Labute approximate surface area is 235 Å². The first-order valence-electron chi connectivity index (χ1n) is 12.1. The first-order valence-corrected chi connectivity index (χ1v) is 12.4. The average molecular weight is 551 g/mol. The molecule has 0 aliphatic rings. The van der Waals surface area contributed by atoms with Crippen LogP contribution in [0.4, 0.5) is 5.69 Å². The Morgan fingerprint density at radius 3 is 2.50 bits per heavy atom. The number of anilines is 1. The third-order valence-electron chi connectivity index (χ3n) is 6.31. The highest BCUT2D eigenvalue weighted by molar-refractivity contribution is 6.32. The molecular weight excluding hydrogens is 528 g/mol. The fourth-order valence-corrected chi connectivity index (χ4v) is 4.34. The molecule has 4 rings (SSSR count). The van der Waals surface area contributed by atoms with Gasteiger partial charge in [0.1, 0.15) is 18.0 Å². The van der Waals surface area contributed by atoms with Crippen LogP contribution in [-0.4, -0.2) is 35.2 Å². The fourth-order valence-electron chi connectivity index (χ4n) is 4.10. The molecule has 40 heavy (non-hydrogen) atoms. The summed E-state index contributed by atoms with van der Waals surface area (Å²) in [6, 6.07) is 15.7. The Hall–Kier alpha value is -5.13. The Balaban J connectivity index is 1.65. The number of methoxy groups -OCH3 is 1. The highest BCUT2D eigenvalue weighted by atomic mass is 35.5. The summed E-state index contributed by atoms with van der Waals surface area (Å²) in [5.74, 6) is -1.000. The molecular formula is C31H23ClN4O4. The van der Waals surface area contributed by atoms with Gasteiger partial charge in [-0.25, -0.2) is 4.79 Å². The summed E-state index contributed by atoms with van der Waals surface area (Å²) in [4.78, 5) is 44.1. The normalized spacial score (nSPS) is 10.7. The standard InChI is InChI=1S/C31H23ClN4O4/c1-18-13-20(26(32)14-22(18)17-37)7-9-28-25(15-33)24(11-12-34-28)23-5-4-6-27(19(23)2)36-30(38)29-10-8-21(16-35-29)31(39)40-3/h4-14,16-17H,1-3H3,(H,36,38)/b9-7+. The van der Waals surface area contributed by atoms with Crippen molar-refractivity contribution in [2.75, 3.05) is 12.4 Å². The van der Waals surface area contributed by atoms with Crippen LogP contribution in [0.25, 0.3) is 23.3 Å². The molecule has 2 heterocycles. The van der Waals surface area contributed by atoms with E-state index in [-0.39, 0.29) is 11.3 Å². The van der Waals surface area contributed by atoms with Crippen molar-refractivity contribution < 1.29 is 19.1 Å². The van der Waals surface area contributed by atoms with Crippen molar-refractivity contribution in [1.29, 1.82) is 5.26 Å². The number of carbonyl (C=O) groups is 3. The van der Waals surface area contributed by atoms with Gasteiger partial charge >= 0.3 is 5.97 Å². The maximum absolute atomic E-state index is 12.9. The van der Waals surface area contributed by atoms with E-state index in [1.165, 1.54) is 25.4 Å². The highest BCUT2D eigenvalue weighted by Crippen LogP contribution is 2.32. The second-order valence-corrected chi connectivity index (χ2v) is 9.18. The lowest BCUT2D eigenvalue weighted by Gasteiger charge is -2.14. The number of esters is 1. The monoisotopic (exact) mass is 550 g/mol. The SMILES string of the molecule is COC(=O)c1ccc(C(=O)Nc2cccc(-c3ccnc(/C=C/c4cc(C)c(C=O)cc4Cl)c3C#N)c2C)nc1. The number of aromatic nitrogens is 2. The molecule has 198 valence electrons. The van der Waals surface area contributed by atoms with E-state index in [1.807, 2.05) is 19.9 Å². The van der Waals surface area contributed by atoms with E-state index in [0.29, 0.717) is 38.7 Å². The number of pyridine rings is 2. The predicted octanol–water partition coefficient (Wildman–Crippen LogP) is 6.31. The quantitative estimate of drug-likeness (QED) is 0.211. The number of hydrogen-bond donors (Lipinski definition) is 1. The summed E-state index contributed by atoms with van der Waals surface area (Å²) in [6.07, 6.45) is 7.09. The van der Waals surface area contributed by atoms with Crippen molar-refractivity contribution in [2.24, 2.45) is 0 Å². The predicted molar refractivity (Wildman–Crippen MR) is 153 cm³/mol. The Kier molecular flexibility index (Phi) is 8.48. The number of aldehydes is 1. The topological polar surface area (TPSA) is 122 Å². The molecule has 9 heteroatoms. The lowest BCUT2D eigenvalue weighted by atomic mass is 9.94. The van der Waals surface area contributed by atoms with Gasteiger partial charge in [-0.2, -0.15) is 5.26 Å². The summed E-state index contributed by atoms with van der Waals surface area (Å²) in [5, 5.41) is 13.3. The van der Waals surface area contributed by atoms with Crippen LogP contribution in [-0.2, 0) is 4.74 Å². The lowest BCUT2D eigenvalue weighted by Crippen LogP contribution is -2.15. The number of rotatable bonds is 7. The van der Waals surface area contributed by atoms with E-state index in [9.17, 15) is 19.6 Å². The Morgan fingerprint density at radius 1 is 1.02 bits per heavy atom. The number of nitriles is 1. The van der Waals surface area contributed by atoms with Crippen LogP contribution in [0.2, 0.25) is 5.02 Å². The van der Waals surface area contributed by atoms with Crippen LogP contribution in [0.5, 0.6) is 0 Å². The second kappa shape index (κ2) is 12.2. The van der Waals surface area contributed by atoms with Crippen LogP contribution in [0, 0.1) is 25.2 Å². The molecule has 0 saturated heterocycles. The van der Waals surface area contributed by atoms with E-state index in [1.54, 1.807) is 48.7 Å². The molecule has 2 aromatic heterocycles. The summed E-state index contributed by atoms with van der Waals surface area (Å²) in [5.41, 5.74) is 5.80. The third-order valence-corrected chi connectivity index (χ3v) is 6.64. The maximum atomic E-state index is 12.9. The van der Waals surface area contributed by atoms with Crippen molar-refractivity contribution >= 4 is 47.6 Å². The van der Waals surface area contributed by atoms with E-state index in [4.69, 9.17) is 11.6 Å². The number of nitrogens with one attached hydrogen (secondary N) is 1. The zero-order valence-corrected chi connectivity index (χ0v) is 22.6. The second-order valence-electron chi connectivity index (χ2n) is 8.77. The molecule has 8 nitrogen and oxygen atoms in total. The summed E-state index contributed by atoms with van der Waals surface area (Å²) < 4.78 is 4.66. The number of hydrogen-bond acceptors (Lipinski definition) is 7. The minimum absolute atomic E-state index is 0.126. The molecule has 0 aliphatic carbocycles. The molecule has 0 aliphatic heterocycles. The summed E-state index contributed by atoms with van der Waals surface area (Å²) in [6.45, 7) is 3.66. The number of nitrogens with zero attached hydrogens (tertiary/aromatic N) is 3. The molecule has 0 spiro atoms. The van der Waals surface area contributed by atoms with Gasteiger partial charge in [-0.1, -0.05) is 29.8 Å². The van der Waals surface area contributed by atoms with Crippen molar-refractivity contribution in [1.82, 2.24) is 9.97 Å². The number of ether oxygens (including phenoxy) is 1. The minimum atomic E-state index is -0.545. The van der Waals surface area contributed by atoms with Gasteiger partial charge in [-0.3, -0.25) is 19.6 Å². The Morgan fingerprint density at radius 2 is 1.82 bits per heavy atom. The van der Waals surface area contributed by atoms with Crippen LogP contribution < -0.4 is 5.32 Å². The van der Waals surface area contributed by atoms with Gasteiger partial charge in [0.25, 0.3) is 5.91 Å². The van der Waals surface area contributed by atoms with Gasteiger partial charge in [0.15, 0.2) is 0 Å². The van der Waals surface area contributed by atoms with Gasteiger partial charge in [-0.05, 0) is 78.6 Å². The first kappa shape index (κ1) is 27.9. The molecule has 0 radical (unpaired) electrons. The van der Waals surface area contributed by atoms with Crippen molar-refractivity contribution in [3.05, 3.63) is 111 Å². The molecule has 0 unspecified atom stereocenters. The van der Waals surface area contributed by atoms with E-state index in [2.05, 4.69) is 26.1 Å². The number of aryl methyl sites for hydroxylation is 1. The molecule has 0 atom stereocenters. The number of amides is 1. The van der Waals surface area contributed by atoms with Crippen LogP contribution in [0.1, 0.15) is 59.2 Å². The van der Waals surface area contributed by atoms with Gasteiger partial charge < -0.3 is 10.1 Å². The maximum Gasteiger partial charge on any atom is 0.339 e. The van der Waals surface area contributed by atoms with E-state index in [0.717, 1.165) is 23.0 Å². The third kappa shape index (κ3) is 5.80. The highest BCUT2D eigenvalue weighted by Gasteiger charge is 2.16. The van der Waals surface area contributed by atoms with Crippen LogP contribution >= 0.6 is 11.6 Å². The minimum Gasteiger partial charge on any atom is -0.465 e. The largest absolute Gasteiger partial charge is 0.465 e. The molecule has 0 saturated carbocycles. The average Bonchev–Trinajstić information content (AvgIpc) is 2.97. The number of carbonyl (C=O) groups excluding carboxylic acids is 3. The lowest BCUT2D eigenvalue weighted by molar-refractivity contribution is 0.0599. The smallest absolute Gasteiger partial charge is 0.339 e. The molecule has 0 fully saturated rings. The van der Waals surface area contributed by atoms with Gasteiger partial charge in [0, 0.05) is 34.2 Å².